The standard InChI is InChI=1S/C17H18N4O/c18-16-7-6-12-4-5-13(11-14(12)20-16)15-8-9-19-21(15)17-3-1-2-10-22-17/h4-9,11,17H,1-3,10H2,(H2,18,20). The van der Waals surface area contributed by atoms with Gasteiger partial charge in [0.05, 0.1) is 11.2 Å². The van der Waals surface area contributed by atoms with Crippen molar-refractivity contribution in [2.45, 2.75) is 25.5 Å². The Morgan fingerprint density at radius 2 is 2.05 bits per heavy atom. The number of nitrogen functional groups attached to an aromatic ring is 1. The lowest BCUT2D eigenvalue weighted by Crippen LogP contribution is -2.19. The summed E-state index contributed by atoms with van der Waals surface area (Å²) in [5.41, 5.74) is 8.82. The number of hydrogen-bond donors (Lipinski definition) is 1. The van der Waals surface area contributed by atoms with Gasteiger partial charge < -0.3 is 10.5 Å². The van der Waals surface area contributed by atoms with Gasteiger partial charge in [0.1, 0.15) is 5.82 Å². The highest BCUT2D eigenvalue weighted by molar-refractivity contribution is 5.84. The highest BCUT2D eigenvalue weighted by Gasteiger charge is 2.19. The Labute approximate surface area is 128 Å². The average molecular weight is 294 g/mol. The van der Waals surface area contributed by atoms with Gasteiger partial charge in [-0.25, -0.2) is 9.67 Å². The van der Waals surface area contributed by atoms with Crippen LogP contribution in [0.3, 0.4) is 0 Å². The van der Waals surface area contributed by atoms with Crippen LogP contribution in [0.5, 0.6) is 0 Å². The van der Waals surface area contributed by atoms with E-state index in [1.807, 2.05) is 29.1 Å². The van der Waals surface area contributed by atoms with E-state index in [2.05, 4.69) is 28.3 Å². The summed E-state index contributed by atoms with van der Waals surface area (Å²) in [6, 6.07) is 12.0. The fraction of sp³-hybridized carbons (Fsp3) is 0.294. The van der Waals surface area contributed by atoms with Crippen LogP contribution in [-0.2, 0) is 4.74 Å². The number of benzene rings is 1. The first kappa shape index (κ1) is 13.3. The molecule has 1 aliphatic rings. The Balaban J connectivity index is 1.77. The fourth-order valence-corrected chi connectivity index (χ4v) is 2.98. The van der Waals surface area contributed by atoms with Gasteiger partial charge in [-0.3, -0.25) is 0 Å². The van der Waals surface area contributed by atoms with Gasteiger partial charge >= 0.3 is 0 Å². The molecule has 3 heterocycles. The number of anilines is 1. The maximum absolute atomic E-state index is 5.86. The molecule has 1 aromatic carbocycles. The zero-order valence-corrected chi connectivity index (χ0v) is 12.3. The molecule has 0 spiro atoms. The molecule has 3 aromatic rings. The summed E-state index contributed by atoms with van der Waals surface area (Å²) >= 11 is 0. The Morgan fingerprint density at radius 1 is 1.14 bits per heavy atom. The van der Waals surface area contributed by atoms with Crippen LogP contribution in [0.4, 0.5) is 5.82 Å². The second-order valence-electron chi connectivity index (χ2n) is 5.63. The molecule has 2 aromatic heterocycles. The van der Waals surface area contributed by atoms with Gasteiger partial charge in [0, 0.05) is 23.8 Å². The van der Waals surface area contributed by atoms with Crippen molar-refractivity contribution in [3.05, 3.63) is 42.6 Å². The number of nitrogens with two attached hydrogens (primary N) is 1. The van der Waals surface area contributed by atoms with Crippen LogP contribution in [-0.4, -0.2) is 21.4 Å². The van der Waals surface area contributed by atoms with Crippen LogP contribution in [0.15, 0.2) is 42.6 Å². The molecule has 1 aliphatic heterocycles. The van der Waals surface area contributed by atoms with Crippen LogP contribution < -0.4 is 5.73 Å². The number of aromatic nitrogens is 3. The number of nitrogens with zero attached hydrogens (tertiary/aromatic N) is 3. The maximum Gasteiger partial charge on any atom is 0.150 e. The van der Waals surface area contributed by atoms with Gasteiger partial charge in [0.2, 0.25) is 0 Å². The van der Waals surface area contributed by atoms with E-state index in [-0.39, 0.29) is 6.23 Å². The third-order valence-corrected chi connectivity index (χ3v) is 4.11. The lowest BCUT2D eigenvalue weighted by Gasteiger charge is -2.24. The van der Waals surface area contributed by atoms with Gasteiger partial charge in [0.25, 0.3) is 0 Å². The summed E-state index contributed by atoms with van der Waals surface area (Å²) in [6.45, 7) is 0.805. The van der Waals surface area contributed by atoms with Crippen molar-refractivity contribution < 1.29 is 4.74 Å². The molecule has 5 heteroatoms. The molecule has 1 unspecified atom stereocenters. The smallest absolute Gasteiger partial charge is 0.150 e. The minimum atomic E-state index is 0.0308. The zero-order chi connectivity index (χ0) is 14.9. The van der Waals surface area contributed by atoms with Crippen molar-refractivity contribution in [3.63, 3.8) is 0 Å². The molecule has 4 rings (SSSR count). The van der Waals surface area contributed by atoms with E-state index in [0.29, 0.717) is 5.82 Å². The minimum Gasteiger partial charge on any atom is -0.384 e. The third-order valence-electron chi connectivity index (χ3n) is 4.11. The number of hydrogen-bond acceptors (Lipinski definition) is 4. The molecule has 22 heavy (non-hydrogen) atoms. The Bertz CT molecular complexity index is 805. The topological polar surface area (TPSA) is 66.0 Å². The Morgan fingerprint density at radius 3 is 2.91 bits per heavy atom. The number of rotatable bonds is 2. The van der Waals surface area contributed by atoms with E-state index in [4.69, 9.17) is 10.5 Å². The van der Waals surface area contributed by atoms with Crippen LogP contribution in [0.2, 0.25) is 0 Å². The van der Waals surface area contributed by atoms with Gasteiger partial charge in [-0.2, -0.15) is 5.10 Å². The first-order valence-electron chi connectivity index (χ1n) is 7.63. The van der Waals surface area contributed by atoms with Crippen molar-refractivity contribution in [3.8, 4) is 11.3 Å². The molecule has 2 N–H and O–H groups in total. The molecule has 1 saturated heterocycles. The minimum absolute atomic E-state index is 0.0308. The Hall–Kier alpha value is -2.40. The van der Waals surface area contributed by atoms with Crippen molar-refractivity contribution >= 4 is 16.7 Å². The second kappa shape index (κ2) is 5.42. The van der Waals surface area contributed by atoms with Crippen LogP contribution >= 0.6 is 0 Å². The van der Waals surface area contributed by atoms with Crippen LogP contribution in [0.1, 0.15) is 25.5 Å². The summed E-state index contributed by atoms with van der Waals surface area (Å²) in [6.07, 6.45) is 5.17. The molecule has 0 saturated carbocycles. The molecule has 5 nitrogen and oxygen atoms in total. The molecule has 1 fully saturated rings. The van der Waals surface area contributed by atoms with Gasteiger partial charge in [-0.05, 0) is 43.5 Å². The Kier molecular flexibility index (Phi) is 3.27. The number of fused-ring (bicyclic) bond motifs is 1. The molecular formula is C17H18N4O. The van der Waals surface area contributed by atoms with Crippen molar-refractivity contribution in [2.75, 3.05) is 12.3 Å². The van der Waals surface area contributed by atoms with E-state index in [1.165, 1.54) is 6.42 Å². The van der Waals surface area contributed by atoms with Crippen LogP contribution in [0, 0.1) is 0 Å². The predicted octanol–water partition coefficient (Wildman–Crippen LogP) is 3.38. The number of pyridine rings is 1. The number of ether oxygens (including phenoxy) is 1. The van der Waals surface area contributed by atoms with Gasteiger partial charge in [0.15, 0.2) is 6.23 Å². The van der Waals surface area contributed by atoms with E-state index >= 15 is 0 Å². The molecule has 0 bridgehead atoms. The predicted molar refractivity (Wildman–Crippen MR) is 86.2 cm³/mol. The monoisotopic (exact) mass is 294 g/mol. The summed E-state index contributed by atoms with van der Waals surface area (Å²) in [5.74, 6) is 0.536. The maximum atomic E-state index is 5.86. The van der Waals surface area contributed by atoms with Crippen molar-refractivity contribution in [1.82, 2.24) is 14.8 Å². The molecule has 0 radical (unpaired) electrons. The first-order chi connectivity index (χ1) is 10.8. The quantitative estimate of drug-likeness (QED) is 0.787. The highest BCUT2D eigenvalue weighted by Crippen LogP contribution is 2.29. The summed E-state index contributed by atoms with van der Waals surface area (Å²) in [7, 11) is 0. The average Bonchev–Trinajstić information content (AvgIpc) is 3.04. The molecular weight excluding hydrogens is 276 g/mol. The highest BCUT2D eigenvalue weighted by atomic mass is 16.5. The van der Waals surface area contributed by atoms with Crippen LogP contribution in [0.25, 0.3) is 22.2 Å². The molecule has 112 valence electrons. The zero-order valence-electron chi connectivity index (χ0n) is 12.3. The lowest BCUT2D eigenvalue weighted by molar-refractivity contribution is -0.0383. The van der Waals surface area contributed by atoms with Gasteiger partial charge in [-0.1, -0.05) is 12.1 Å². The van der Waals surface area contributed by atoms with Gasteiger partial charge in [-0.15, -0.1) is 0 Å². The molecule has 1 atom stereocenters. The lowest BCUT2D eigenvalue weighted by atomic mass is 10.1. The molecule has 0 aliphatic carbocycles. The first-order valence-corrected chi connectivity index (χ1v) is 7.63. The largest absolute Gasteiger partial charge is 0.384 e. The second-order valence-corrected chi connectivity index (χ2v) is 5.63. The van der Waals surface area contributed by atoms with Crippen molar-refractivity contribution in [1.29, 1.82) is 0 Å². The third kappa shape index (κ3) is 2.33. The molecule has 0 amide bonds. The van der Waals surface area contributed by atoms with Crippen molar-refractivity contribution in [2.24, 2.45) is 0 Å². The normalized spacial score (nSPS) is 18.6. The SMILES string of the molecule is Nc1ccc2ccc(-c3ccnn3C3CCCCO3)cc2n1. The van der Waals surface area contributed by atoms with E-state index in [1.54, 1.807) is 0 Å². The van der Waals surface area contributed by atoms with E-state index < -0.39 is 0 Å². The summed E-state index contributed by atoms with van der Waals surface area (Å²) < 4.78 is 7.83. The van der Waals surface area contributed by atoms with E-state index in [9.17, 15) is 0 Å². The van der Waals surface area contributed by atoms with E-state index in [0.717, 1.165) is 41.6 Å². The summed E-state index contributed by atoms with van der Waals surface area (Å²) in [4.78, 5) is 4.41. The summed E-state index contributed by atoms with van der Waals surface area (Å²) in [5, 5.41) is 5.54. The fourth-order valence-electron chi connectivity index (χ4n) is 2.98.